The molecule has 0 radical (unpaired) electrons. The number of benzene rings is 3. The summed E-state index contributed by atoms with van der Waals surface area (Å²) in [6.45, 7) is 8.15. The minimum atomic E-state index is -1.06. The number of imide groups is 1. The molecule has 0 N–H and O–H groups in total. The summed E-state index contributed by atoms with van der Waals surface area (Å²) in [4.78, 5) is 28.1. The lowest BCUT2D eigenvalue weighted by Crippen LogP contribution is -2.49. The lowest BCUT2D eigenvalue weighted by atomic mass is 9.75. The van der Waals surface area contributed by atoms with E-state index in [1.807, 2.05) is 107 Å². The fourth-order valence-corrected chi connectivity index (χ4v) is 4.81. The molecular weight excluding hydrogens is 410 g/mol. The maximum absolute atomic E-state index is 13.4. The average molecular weight is 442 g/mol. The van der Waals surface area contributed by atoms with Crippen LogP contribution in [0.4, 0.5) is 4.79 Å². The molecule has 0 saturated carbocycles. The first-order valence-corrected chi connectivity index (χ1v) is 11.6. The van der Waals surface area contributed by atoms with Crippen LogP contribution < -0.4 is 0 Å². The summed E-state index contributed by atoms with van der Waals surface area (Å²) < 4.78 is 6.23. The minimum Gasteiger partial charge on any atom is -0.430 e. The van der Waals surface area contributed by atoms with Crippen LogP contribution in [0.5, 0.6) is 0 Å². The number of hydrogen-bond acceptors (Lipinski definition) is 3. The first kappa shape index (κ1) is 22.8. The number of nitrogens with zero attached hydrogens (tertiary/aromatic N) is 1. The van der Waals surface area contributed by atoms with E-state index in [4.69, 9.17) is 4.74 Å². The van der Waals surface area contributed by atoms with Gasteiger partial charge in [-0.15, -0.1) is 0 Å². The van der Waals surface area contributed by atoms with Gasteiger partial charge in [0, 0.05) is 17.5 Å². The lowest BCUT2D eigenvalue weighted by Gasteiger charge is -2.37. The molecule has 1 atom stereocenters. The molecule has 0 unspecified atom stereocenters. The van der Waals surface area contributed by atoms with Gasteiger partial charge >= 0.3 is 6.09 Å². The number of amides is 2. The van der Waals surface area contributed by atoms with Crippen molar-refractivity contribution in [2.45, 2.75) is 52.2 Å². The molecule has 1 aliphatic heterocycles. The maximum Gasteiger partial charge on any atom is 0.418 e. The zero-order valence-electron chi connectivity index (χ0n) is 19.7. The highest BCUT2D eigenvalue weighted by Crippen LogP contribution is 2.47. The number of carbonyl (C=O) groups is 2. The van der Waals surface area contributed by atoms with Gasteiger partial charge in [-0.1, -0.05) is 104 Å². The number of aryl methyl sites for hydroxylation is 3. The SMILES string of the molecule is Cc1ccc(C2(c3ccc(C)cc3)OC(=O)N(C(=O)CCc3ccccc3)[C@H]2C(C)C)cc1. The Hall–Kier alpha value is -3.40. The minimum absolute atomic E-state index is 0.0141. The van der Waals surface area contributed by atoms with Crippen LogP contribution >= 0.6 is 0 Å². The Kier molecular flexibility index (Phi) is 6.37. The normalized spacial score (nSPS) is 17.3. The van der Waals surface area contributed by atoms with Gasteiger partial charge in [0.15, 0.2) is 5.60 Å². The Morgan fingerprint density at radius 3 is 1.88 bits per heavy atom. The van der Waals surface area contributed by atoms with Crippen molar-refractivity contribution < 1.29 is 14.3 Å². The molecule has 170 valence electrons. The number of rotatable bonds is 6. The first-order valence-electron chi connectivity index (χ1n) is 11.6. The molecule has 4 rings (SSSR count). The van der Waals surface area contributed by atoms with Crippen molar-refractivity contribution in [3.05, 3.63) is 107 Å². The second-order valence-corrected chi connectivity index (χ2v) is 9.27. The highest BCUT2D eigenvalue weighted by molar-refractivity contribution is 5.95. The maximum atomic E-state index is 13.4. The Bertz CT molecular complexity index is 1070. The fourth-order valence-electron chi connectivity index (χ4n) is 4.81. The van der Waals surface area contributed by atoms with Gasteiger partial charge in [0.2, 0.25) is 5.91 Å². The second-order valence-electron chi connectivity index (χ2n) is 9.27. The summed E-state index contributed by atoms with van der Waals surface area (Å²) in [6, 6.07) is 25.5. The summed E-state index contributed by atoms with van der Waals surface area (Å²) >= 11 is 0. The van der Waals surface area contributed by atoms with Crippen molar-refractivity contribution >= 4 is 12.0 Å². The van der Waals surface area contributed by atoms with Crippen molar-refractivity contribution in [1.82, 2.24) is 4.90 Å². The molecule has 1 heterocycles. The van der Waals surface area contributed by atoms with Crippen molar-refractivity contribution in [3.8, 4) is 0 Å². The van der Waals surface area contributed by atoms with Crippen LogP contribution in [-0.2, 0) is 21.6 Å². The van der Waals surface area contributed by atoms with Crippen LogP contribution in [0.1, 0.15) is 48.1 Å². The van der Waals surface area contributed by atoms with Gasteiger partial charge in [0.25, 0.3) is 0 Å². The molecule has 2 amide bonds. The van der Waals surface area contributed by atoms with E-state index in [9.17, 15) is 9.59 Å². The van der Waals surface area contributed by atoms with E-state index in [0.29, 0.717) is 6.42 Å². The summed E-state index contributed by atoms with van der Waals surface area (Å²) in [5.41, 5.74) is 4.01. The van der Waals surface area contributed by atoms with Crippen LogP contribution in [0.3, 0.4) is 0 Å². The van der Waals surface area contributed by atoms with Crippen molar-refractivity contribution in [1.29, 1.82) is 0 Å². The van der Waals surface area contributed by atoms with E-state index in [0.717, 1.165) is 27.8 Å². The standard InChI is InChI=1S/C29H31NO3/c1-20(2)27-29(24-15-10-21(3)11-16-24,25-17-12-22(4)13-18-25)33-28(32)30(27)26(31)19-14-23-8-6-5-7-9-23/h5-13,15-18,20,27H,14,19H2,1-4H3/t27-/m0/s1. The van der Waals surface area contributed by atoms with Crippen LogP contribution in [0.15, 0.2) is 78.9 Å². The van der Waals surface area contributed by atoms with E-state index >= 15 is 0 Å². The van der Waals surface area contributed by atoms with Crippen LogP contribution in [-0.4, -0.2) is 22.9 Å². The monoisotopic (exact) mass is 441 g/mol. The Morgan fingerprint density at radius 2 is 1.39 bits per heavy atom. The van der Waals surface area contributed by atoms with Gasteiger partial charge in [-0.3, -0.25) is 4.79 Å². The third kappa shape index (κ3) is 4.30. The lowest BCUT2D eigenvalue weighted by molar-refractivity contribution is -0.130. The van der Waals surface area contributed by atoms with Gasteiger partial charge in [-0.05, 0) is 31.7 Å². The van der Waals surface area contributed by atoms with Gasteiger partial charge in [-0.2, -0.15) is 0 Å². The second kappa shape index (κ2) is 9.22. The first-order chi connectivity index (χ1) is 15.8. The van der Waals surface area contributed by atoms with E-state index in [1.54, 1.807) is 0 Å². The zero-order valence-corrected chi connectivity index (χ0v) is 19.7. The zero-order chi connectivity index (χ0) is 23.6. The molecule has 1 aliphatic rings. The van der Waals surface area contributed by atoms with E-state index in [1.165, 1.54) is 4.90 Å². The van der Waals surface area contributed by atoms with Crippen molar-refractivity contribution in [2.24, 2.45) is 5.92 Å². The predicted octanol–water partition coefficient (Wildman–Crippen LogP) is 6.18. The van der Waals surface area contributed by atoms with E-state index in [2.05, 4.69) is 0 Å². The molecule has 4 heteroatoms. The molecule has 1 fully saturated rings. The molecule has 1 saturated heterocycles. The number of carbonyl (C=O) groups excluding carboxylic acids is 2. The molecular formula is C29H31NO3. The van der Waals surface area contributed by atoms with Crippen LogP contribution in [0.2, 0.25) is 0 Å². The smallest absolute Gasteiger partial charge is 0.418 e. The molecule has 4 nitrogen and oxygen atoms in total. The largest absolute Gasteiger partial charge is 0.430 e. The third-order valence-electron chi connectivity index (χ3n) is 6.47. The molecule has 3 aromatic carbocycles. The summed E-state index contributed by atoms with van der Waals surface area (Å²) in [7, 11) is 0. The Balaban J connectivity index is 1.77. The number of hydrogen-bond donors (Lipinski definition) is 0. The van der Waals surface area contributed by atoms with Gasteiger partial charge in [0.1, 0.15) is 0 Å². The Morgan fingerprint density at radius 1 is 0.879 bits per heavy atom. The summed E-state index contributed by atoms with van der Waals surface area (Å²) in [6.07, 6.45) is 0.254. The highest BCUT2D eigenvalue weighted by Gasteiger charge is 2.59. The molecule has 0 aliphatic carbocycles. The summed E-state index contributed by atoms with van der Waals surface area (Å²) in [5.74, 6) is -0.219. The number of ether oxygens (including phenoxy) is 1. The quantitative estimate of drug-likeness (QED) is 0.459. The van der Waals surface area contributed by atoms with Crippen molar-refractivity contribution in [3.63, 3.8) is 0 Å². The van der Waals surface area contributed by atoms with E-state index < -0.39 is 17.7 Å². The third-order valence-corrected chi connectivity index (χ3v) is 6.47. The molecule has 0 spiro atoms. The molecule has 0 aromatic heterocycles. The highest BCUT2D eigenvalue weighted by atomic mass is 16.6. The molecule has 0 bridgehead atoms. The van der Waals surface area contributed by atoms with Gasteiger partial charge < -0.3 is 4.74 Å². The average Bonchev–Trinajstić information content (AvgIpc) is 3.13. The van der Waals surface area contributed by atoms with Crippen LogP contribution in [0, 0.1) is 19.8 Å². The summed E-state index contributed by atoms with van der Waals surface area (Å²) in [5, 5.41) is 0. The fraction of sp³-hybridized carbons (Fsp3) is 0.310. The topological polar surface area (TPSA) is 46.6 Å². The van der Waals surface area contributed by atoms with E-state index in [-0.39, 0.29) is 18.2 Å². The molecule has 3 aromatic rings. The van der Waals surface area contributed by atoms with Gasteiger partial charge in [0.05, 0.1) is 6.04 Å². The number of cyclic esters (lactones) is 1. The van der Waals surface area contributed by atoms with Gasteiger partial charge in [-0.25, -0.2) is 9.69 Å². The Labute approximate surface area is 196 Å². The molecule has 33 heavy (non-hydrogen) atoms. The van der Waals surface area contributed by atoms with Crippen molar-refractivity contribution in [2.75, 3.05) is 0 Å². The predicted molar refractivity (Wildman–Crippen MR) is 130 cm³/mol. The van der Waals surface area contributed by atoms with Crippen LogP contribution in [0.25, 0.3) is 0 Å².